The smallest absolute Gasteiger partial charge is 0.193 e. The maximum atomic E-state index is 13.9. The highest BCUT2D eigenvalue weighted by atomic mass is 16.5. The van der Waals surface area contributed by atoms with Gasteiger partial charge in [-0.15, -0.1) is 0 Å². The lowest BCUT2D eigenvalue weighted by molar-refractivity contribution is 0.103. The zero-order valence-electron chi connectivity index (χ0n) is 24.2. The van der Waals surface area contributed by atoms with E-state index in [1.54, 1.807) is 12.1 Å². The fraction of sp³-hybridized carbons (Fsp3) is 0.531. The van der Waals surface area contributed by atoms with Gasteiger partial charge in [0.15, 0.2) is 28.8 Å². The summed E-state index contributed by atoms with van der Waals surface area (Å²) in [6.07, 6.45) is 8.39. The lowest BCUT2D eigenvalue weighted by atomic mass is 10.0. The molecule has 0 spiro atoms. The molecule has 210 valence electrons. The summed E-state index contributed by atoms with van der Waals surface area (Å²) in [5.41, 5.74) is 2.36. The number of carbonyl (C=O) groups is 1. The normalized spacial score (nSPS) is 11.0. The van der Waals surface area contributed by atoms with E-state index in [-0.39, 0.29) is 5.78 Å². The molecule has 2 rings (SSSR count). The lowest BCUT2D eigenvalue weighted by Crippen LogP contribution is -2.12. The van der Waals surface area contributed by atoms with Crippen molar-refractivity contribution in [3.05, 3.63) is 47.0 Å². The van der Waals surface area contributed by atoms with Gasteiger partial charge in [0.05, 0.1) is 33.0 Å². The largest absolute Gasteiger partial charge is 0.493 e. The van der Waals surface area contributed by atoms with Crippen molar-refractivity contribution in [1.29, 1.82) is 0 Å². The molecule has 0 saturated carbocycles. The van der Waals surface area contributed by atoms with Gasteiger partial charge < -0.3 is 23.7 Å². The zero-order chi connectivity index (χ0) is 27.8. The first-order valence-electron chi connectivity index (χ1n) is 14.2. The summed E-state index contributed by atoms with van der Waals surface area (Å²) in [6, 6.07) is 7.89. The Morgan fingerprint density at radius 3 is 1.58 bits per heavy atom. The van der Waals surface area contributed by atoms with Crippen LogP contribution in [0.25, 0.3) is 6.08 Å². The summed E-state index contributed by atoms with van der Waals surface area (Å²) in [5, 5.41) is 0. The second-order valence-electron chi connectivity index (χ2n) is 9.07. The van der Waals surface area contributed by atoms with Gasteiger partial charge in [-0.05, 0) is 68.4 Å². The molecule has 0 heterocycles. The van der Waals surface area contributed by atoms with Gasteiger partial charge in [0.2, 0.25) is 0 Å². The molecule has 0 N–H and O–H groups in total. The van der Waals surface area contributed by atoms with Crippen molar-refractivity contribution in [3.8, 4) is 28.7 Å². The fourth-order valence-corrected chi connectivity index (χ4v) is 3.70. The Hall–Kier alpha value is -3.15. The third kappa shape index (κ3) is 9.00. The number of rotatable bonds is 19. The highest BCUT2D eigenvalue weighted by Crippen LogP contribution is 2.46. The van der Waals surface area contributed by atoms with Crippen LogP contribution in [0.5, 0.6) is 28.7 Å². The van der Waals surface area contributed by atoms with Crippen molar-refractivity contribution in [2.75, 3.05) is 33.0 Å². The minimum atomic E-state index is -0.242. The van der Waals surface area contributed by atoms with Gasteiger partial charge in [-0.1, -0.05) is 47.6 Å². The highest BCUT2D eigenvalue weighted by molar-refractivity contribution is 6.11. The molecule has 0 aliphatic rings. The van der Waals surface area contributed by atoms with Gasteiger partial charge in [-0.2, -0.15) is 0 Å². The number of ketones is 1. The van der Waals surface area contributed by atoms with Crippen molar-refractivity contribution >= 4 is 11.9 Å². The van der Waals surface area contributed by atoms with Crippen LogP contribution in [-0.4, -0.2) is 38.8 Å². The van der Waals surface area contributed by atoms with Gasteiger partial charge >= 0.3 is 0 Å². The van der Waals surface area contributed by atoms with E-state index >= 15 is 0 Å². The van der Waals surface area contributed by atoms with Crippen molar-refractivity contribution in [2.45, 2.75) is 80.1 Å². The standard InChI is InChI=1S/C32H46O6/c1-7-17-34-27-16-13-24(12-6)22-25(27)14-15-26(33)30-31(37-20-10-4)28(35-18-8-2)23-29(36-19-9-3)32(30)38-21-11-5/h13-16,22-23H,7-12,17-21H2,1-6H3/b15-14+. The molecule has 0 bridgehead atoms. The van der Waals surface area contributed by atoms with Crippen LogP contribution in [0, 0.1) is 0 Å². The number of allylic oxidation sites excluding steroid dienone is 1. The van der Waals surface area contributed by atoms with Crippen molar-refractivity contribution in [2.24, 2.45) is 0 Å². The van der Waals surface area contributed by atoms with Gasteiger partial charge in [0.25, 0.3) is 0 Å². The molecule has 0 saturated heterocycles. The molecule has 0 aliphatic carbocycles. The van der Waals surface area contributed by atoms with Crippen LogP contribution in [0.3, 0.4) is 0 Å². The minimum absolute atomic E-state index is 0.242. The van der Waals surface area contributed by atoms with E-state index in [1.165, 1.54) is 5.56 Å². The van der Waals surface area contributed by atoms with E-state index in [0.29, 0.717) is 61.6 Å². The topological polar surface area (TPSA) is 63.2 Å². The van der Waals surface area contributed by atoms with Crippen LogP contribution in [0.1, 0.15) is 95.1 Å². The van der Waals surface area contributed by atoms with Crippen LogP contribution >= 0.6 is 0 Å². The molecule has 6 nitrogen and oxygen atoms in total. The number of benzene rings is 2. The van der Waals surface area contributed by atoms with Gasteiger partial charge in [0, 0.05) is 11.6 Å². The maximum absolute atomic E-state index is 13.9. The maximum Gasteiger partial charge on any atom is 0.193 e. The van der Waals surface area contributed by atoms with Crippen molar-refractivity contribution in [1.82, 2.24) is 0 Å². The Labute approximate surface area is 229 Å². The van der Waals surface area contributed by atoms with Gasteiger partial charge in [-0.3, -0.25) is 4.79 Å². The Balaban J connectivity index is 2.67. The van der Waals surface area contributed by atoms with E-state index in [0.717, 1.165) is 49.8 Å². The van der Waals surface area contributed by atoms with E-state index in [4.69, 9.17) is 23.7 Å². The summed E-state index contributed by atoms with van der Waals surface area (Å²) in [4.78, 5) is 13.9. The predicted molar refractivity (Wildman–Crippen MR) is 155 cm³/mol. The molecule has 0 aliphatic heterocycles. The second-order valence-corrected chi connectivity index (χ2v) is 9.07. The molecule has 0 unspecified atom stereocenters. The summed E-state index contributed by atoms with van der Waals surface area (Å²) in [6.45, 7) is 14.8. The van der Waals surface area contributed by atoms with E-state index in [2.05, 4.69) is 26.0 Å². The Kier molecular flexibility index (Phi) is 14.2. The zero-order valence-corrected chi connectivity index (χ0v) is 24.2. The summed E-state index contributed by atoms with van der Waals surface area (Å²) < 4.78 is 30.3. The third-order valence-corrected chi connectivity index (χ3v) is 5.59. The fourth-order valence-electron chi connectivity index (χ4n) is 3.70. The quantitative estimate of drug-likeness (QED) is 0.136. The van der Waals surface area contributed by atoms with Crippen LogP contribution in [0.2, 0.25) is 0 Å². The average molecular weight is 527 g/mol. The Morgan fingerprint density at radius 2 is 1.11 bits per heavy atom. The minimum Gasteiger partial charge on any atom is -0.493 e. The molecule has 6 heteroatoms. The number of hydrogen-bond donors (Lipinski definition) is 0. The first-order valence-corrected chi connectivity index (χ1v) is 14.2. The first kappa shape index (κ1) is 31.1. The van der Waals surface area contributed by atoms with Crippen LogP contribution < -0.4 is 23.7 Å². The van der Waals surface area contributed by atoms with Gasteiger partial charge in [0.1, 0.15) is 11.3 Å². The van der Waals surface area contributed by atoms with E-state index < -0.39 is 0 Å². The lowest BCUT2D eigenvalue weighted by Gasteiger charge is -2.21. The summed E-state index contributed by atoms with van der Waals surface area (Å²) in [7, 11) is 0. The Morgan fingerprint density at radius 1 is 0.632 bits per heavy atom. The third-order valence-electron chi connectivity index (χ3n) is 5.59. The molecule has 0 aromatic heterocycles. The first-order chi connectivity index (χ1) is 18.5. The van der Waals surface area contributed by atoms with E-state index in [9.17, 15) is 4.79 Å². The number of ether oxygens (including phenoxy) is 5. The SMILES string of the molecule is CCCOc1ccc(CC)cc1/C=C/C(=O)c1c(OCCC)c(OCCC)cc(OCCC)c1OCCC. The number of carbonyl (C=O) groups excluding carboxylic acids is 1. The predicted octanol–water partition coefficient (Wildman–Crippen LogP) is 8.09. The Bertz CT molecular complexity index is 989. The monoisotopic (exact) mass is 526 g/mol. The average Bonchev–Trinajstić information content (AvgIpc) is 2.94. The van der Waals surface area contributed by atoms with Gasteiger partial charge in [-0.25, -0.2) is 0 Å². The summed E-state index contributed by atoms with van der Waals surface area (Å²) in [5.74, 6) is 2.29. The van der Waals surface area contributed by atoms with Crippen molar-refractivity contribution in [3.63, 3.8) is 0 Å². The highest BCUT2D eigenvalue weighted by Gasteiger charge is 2.27. The molecular formula is C32H46O6. The summed E-state index contributed by atoms with van der Waals surface area (Å²) >= 11 is 0. The van der Waals surface area contributed by atoms with Crippen LogP contribution in [0.15, 0.2) is 30.3 Å². The second kappa shape index (κ2) is 17.4. The molecule has 0 fully saturated rings. The molecule has 0 atom stereocenters. The molecule has 38 heavy (non-hydrogen) atoms. The van der Waals surface area contributed by atoms with Crippen LogP contribution in [-0.2, 0) is 6.42 Å². The number of hydrogen-bond acceptors (Lipinski definition) is 6. The van der Waals surface area contributed by atoms with Crippen LogP contribution in [0.4, 0.5) is 0 Å². The molecule has 2 aromatic carbocycles. The molecule has 0 amide bonds. The number of aryl methyl sites for hydroxylation is 1. The molecule has 0 radical (unpaired) electrons. The molecular weight excluding hydrogens is 480 g/mol. The molecule has 2 aromatic rings. The van der Waals surface area contributed by atoms with E-state index in [1.807, 2.05) is 39.8 Å². The van der Waals surface area contributed by atoms with Crippen molar-refractivity contribution < 1.29 is 28.5 Å².